The number of carbonyl (C=O) groups is 1. The first-order chi connectivity index (χ1) is 7.85. The van der Waals surface area contributed by atoms with Crippen molar-refractivity contribution in [3.8, 4) is 5.75 Å². The lowest BCUT2D eigenvalue weighted by molar-refractivity contribution is -0.148. The van der Waals surface area contributed by atoms with Gasteiger partial charge in [-0.3, -0.25) is 4.79 Å². The molecule has 1 aromatic carbocycles. The van der Waals surface area contributed by atoms with E-state index in [-0.39, 0.29) is 11.8 Å². The van der Waals surface area contributed by atoms with E-state index in [9.17, 15) is 26.7 Å². The van der Waals surface area contributed by atoms with Crippen molar-refractivity contribution in [2.45, 2.75) is 12.3 Å². The van der Waals surface area contributed by atoms with Crippen molar-refractivity contribution in [3.63, 3.8) is 0 Å². The van der Waals surface area contributed by atoms with Gasteiger partial charge < -0.3 is 4.74 Å². The van der Waals surface area contributed by atoms with Gasteiger partial charge in [0.25, 0.3) is 0 Å². The van der Waals surface area contributed by atoms with Gasteiger partial charge in [-0.15, -0.1) is 0 Å². The summed E-state index contributed by atoms with van der Waals surface area (Å²) in [6.45, 7) is -1.59. The highest BCUT2D eigenvalue weighted by Crippen LogP contribution is 2.24. The second-order valence-electron chi connectivity index (χ2n) is 3.19. The van der Waals surface area contributed by atoms with Crippen LogP contribution in [-0.2, 0) is 0 Å². The minimum atomic E-state index is -4.33. The zero-order valence-electron chi connectivity index (χ0n) is 8.30. The zero-order valence-corrected chi connectivity index (χ0v) is 8.30. The second-order valence-corrected chi connectivity index (χ2v) is 3.19. The van der Waals surface area contributed by atoms with Crippen molar-refractivity contribution >= 4 is 6.29 Å². The topological polar surface area (TPSA) is 26.3 Å². The molecule has 0 bridgehead atoms. The molecule has 0 heterocycles. The third-order valence-electron chi connectivity index (χ3n) is 1.78. The van der Waals surface area contributed by atoms with Crippen LogP contribution in [0.3, 0.4) is 0 Å². The average Bonchev–Trinajstić information content (AvgIpc) is 2.25. The van der Waals surface area contributed by atoms with E-state index in [1.807, 2.05) is 0 Å². The Bertz CT molecular complexity index is 406. The molecule has 0 aromatic heterocycles. The lowest BCUT2D eigenvalue weighted by Gasteiger charge is -2.16. The highest BCUT2D eigenvalue weighted by Gasteiger charge is 2.41. The molecule has 0 fully saturated rings. The molecule has 0 aliphatic heterocycles. The Kier molecular flexibility index (Phi) is 4.03. The molecule has 0 saturated heterocycles. The Hall–Kier alpha value is -1.66. The fraction of sp³-hybridized carbons (Fsp3) is 0.300. The molecular formula is C10H7F5O2. The first-order valence-electron chi connectivity index (χ1n) is 4.39. The predicted octanol–water partition coefficient (Wildman–Crippen LogP) is 2.92. The molecule has 7 heteroatoms. The number of benzene rings is 1. The molecule has 1 rings (SSSR count). The monoisotopic (exact) mass is 254 g/mol. The summed E-state index contributed by atoms with van der Waals surface area (Å²) in [4.78, 5) is 10.3. The van der Waals surface area contributed by atoms with Crippen molar-refractivity contribution in [3.05, 3.63) is 29.6 Å². The molecule has 0 amide bonds. The normalized spacial score (nSPS) is 11.6. The fourth-order valence-electron chi connectivity index (χ4n) is 0.978. The highest BCUT2D eigenvalue weighted by molar-refractivity contribution is 5.75. The predicted molar refractivity (Wildman–Crippen MR) is 48.2 cm³/mol. The molecular weight excluding hydrogens is 247 g/mol. The van der Waals surface area contributed by atoms with Crippen LogP contribution in [0.25, 0.3) is 0 Å². The van der Waals surface area contributed by atoms with E-state index in [0.29, 0.717) is 6.07 Å². The average molecular weight is 254 g/mol. The van der Waals surface area contributed by atoms with Gasteiger partial charge in [0.05, 0.1) is 0 Å². The standard InChI is InChI=1S/C10H7F5O2/c11-7-1-6(4-16)2-8(3-7)17-5-10(14,15)9(12)13/h1-4,9H,5H2. The van der Waals surface area contributed by atoms with Crippen LogP contribution in [0.15, 0.2) is 18.2 Å². The Balaban J connectivity index is 2.76. The summed E-state index contributed by atoms with van der Waals surface area (Å²) in [5, 5.41) is 0. The van der Waals surface area contributed by atoms with E-state index in [1.165, 1.54) is 0 Å². The smallest absolute Gasteiger partial charge is 0.340 e. The molecule has 1 aromatic rings. The van der Waals surface area contributed by atoms with Gasteiger partial charge in [0.1, 0.15) is 17.9 Å². The third-order valence-corrected chi connectivity index (χ3v) is 1.78. The zero-order chi connectivity index (χ0) is 13.1. The lowest BCUT2D eigenvalue weighted by Crippen LogP contribution is -2.33. The van der Waals surface area contributed by atoms with Crippen LogP contribution >= 0.6 is 0 Å². The van der Waals surface area contributed by atoms with E-state index < -0.39 is 30.5 Å². The minimum Gasteiger partial charge on any atom is -0.487 e. The molecule has 0 saturated carbocycles. The van der Waals surface area contributed by atoms with Crippen LogP contribution < -0.4 is 4.74 Å². The highest BCUT2D eigenvalue weighted by atomic mass is 19.3. The maximum absolute atomic E-state index is 12.8. The van der Waals surface area contributed by atoms with Gasteiger partial charge in [0.2, 0.25) is 0 Å². The van der Waals surface area contributed by atoms with Crippen LogP contribution in [0, 0.1) is 5.82 Å². The lowest BCUT2D eigenvalue weighted by atomic mass is 10.2. The Morgan fingerprint density at radius 3 is 2.47 bits per heavy atom. The third kappa shape index (κ3) is 3.69. The molecule has 2 nitrogen and oxygen atoms in total. The molecule has 0 aliphatic carbocycles. The van der Waals surface area contributed by atoms with Gasteiger partial charge in [-0.05, 0) is 12.1 Å². The van der Waals surface area contributed by atoms with Gasteiger partial charge in [0.15, 0.2) is 6.61 Å². The quantitative estimate of drug-likeness (QED) is 0.596. The molecule has 17 heavy (non-hydrogen) atoms. The molecule has 0 atom stereocenters. The number of hydrogen-bond acceptors (Lipinski definition) is 2. The van der Waals surface area contributed by atoms with Crippen LogP contribution in [-0.4, -0.2) is 25.2 Å². The number of carbonyl (C=O) groups excluding carboxylic acids is 1. The number of rotatable bonds is 5. The summed E-state index contributed by atoms with van der Waals surface area (Å²) < 4.78 is 65.7. The van der Waals surface area contributed by atoms with E-state index >= 15 is 0 Å². The van der Waals surface area contributed by atoms with E-state index in [0.717, 1.165) is 12.1 Å². The van der Waals surface area contributed by atoms with E-state index in [4.69, 9.17) is 0 Å². The minimum absolute atomic E-state index is 0.139. The molecule has 0 radical (unpaired) electrons. The van der Waals surface area contributed by atoms with Crippen LogP contribution in [0.4, 0.5) is 22.0 Å². The van der Waals surface area contributed by atoms with E-state index in [1.54, 1.807) is 0 Å². The van der Waals surface area contributed by atoms with Crippen molar-refractivity contribution in [1.29, 1.82) is 0 Å². The number of halogens is 5. The summed E-state index contributed by atoms with van der Waals surface area (Å²) >= 11 is 0. The van der Waals surface area contributed by atoms with Crippen LogP contribution in [0.2, 0.25) is 0 Å². The first kappa shape index (κ1) is 13.4. The van der Waals surface area contributed by atoms with Crippen molar-refractivity contribution in [2.24, 2.45) is 0 Å². The summed E-state index contributed by atoms with van der Waals surface area (Å²) in [6.07, 6.45) is -3.59. The first-order valence-corrected chi connectivity index (χ1v) is 4.39. The van der Waals surface area contributed by atoms with Gasteiger partial charge in [-0.1, -0.05) is 0 Å². The summed E-state index contributed by atoms with van der Waals surface area (Å²) in [7, 11) is 0. The Morgan fingerprint density at radius 1 is 1.29 bits per heavy atom. The molecule has 0 aliphatic rings. The summed E-state index contributed by atoms with van der Waals surface area (Å²) in [6, 6.07) is 2.54. The van der Waals surface area contributed by atoms with Crippen molar-refractivity contribution in [2.75, 3.05) is 6.61 Å². The molecule has 94 valence electrons. The maximum atomic E-state index is 12.8. The molecule has 0 N–H and O–H groups in total. The van der Waals surface area contributed by atoms with E-state index in [2.05, 4.69) is 4.74 Å². The number of aldehydes is 1. The Morgan fingerprint density at radius 2 is 1.94 bits per heavy atom. The van der Waals surface area contributed by atoms with Crippen molar-refractivity contribution < 1.29 is 31.5 Å². The largest absolute Gasteiger partial charge is 0.487 e. The van der Waals surface area contributed by atoms with Crippen molar-refractivity contribution in [1.82, 2.24) is 0 Å². The van der Waals surface area contributed by atoms with Gasteiger partial charge >= 0.3 is 12.3 Å². The van der Waals surface area contributed by atoms with Gasteiger partial charge in [-0.2, -0.15) is 8.78 Å². The Labute approximate surface area is 93.0 Å². The summed E-state index contributed by atoms with van der Waals surface area (Å²) in [5.74, 6) is -5.62. The number of alkyl halides is 4. The SMILES string of the molecule is O=Cc1cc(F)cc(OCC(F)(F)C(F)F)c1. The maximum Gasteiger partial charge on any atom is 0.340 e. The second kappa shape index (κ2) is 5.11. The van der Waals surface area contributed by atoms with Gasteiger partial charge in [0, 0.05) is 11.6 Å². The fourth-order valence-corrected chi connectivity index (χ4v) is 0.978. The van der Waals surface area contributed by atoms with Crippen LogP contribution in [0.5, 0.6) is 5.75 Å². The number of hydrogen-bond donors (Lipinski definition) is 0. The summed E-state index contributed by atoms with van der Waals surface area (Å²) in [5.41, 5.74) is -0.139. The van der Waals surface area contributed by atoms with Gasteiger partial charge in [-0.25, -0.2) is 13.2 Å². The van der Waals surface area contributed by atoms with Crippen LogP contribution in [0.1, 0.15) is 10.4 Å². The molecule has 0 unspecified atom stereocenters. The number of ether oxygens (including phenoxy) is 1. The molecule has 0 spiro atoms.